The number of nitrogens with zero attached hydrogens (tertiary/aromatic N) is 7. The second-order valence-corrected chi connectivity index (χ2v) is 15.1. The van der Waals surface area contributed by atoms with Gasteiger partial charge in [-0.1, -0.05) is 36.6 Å². The molecule has 1 aromatic heterocycles. The van der Waals surface area contributed by atoms with Crippen LogP contribution in [0, 0.1) is 23.2 Å². The van der Waals surface area contributed by atoms with E-state index in [2.05, 4.69) is 44.1 Å². The molecule has 1 saturated heterocycles. The van der Waals surface area contributed by atoms with Gasteiger partial charge in [-0.05, 0) is 103 Å². The normalized spacial score (nSPS) is 22.7. The first-order chi connectivity index (χ1) is 24.1. The highest BCUT2D eigenvalue weighted by Gasteiger charge is 2.54. The molecule has 1 aliphatic heterocycles. The van der Waals surface area contributed by atoms with Crippen molar-refractivity contribution >= 4 is 17.7 Å². The predicted molar refractivity (Wildman–Crippen MR) is 186 cm³/mol. The summed E-state index contributed by atoms with van der Waals surface area (Å²) in [6.45, 7) is 0.150. The summed E-state index contributed by atoms with van der Waals surface area (Å²) in [5.74, 6) is 1.10. The summed E-state index contributed by atoms with van der Waals surface area (Å²) in [4.78, 5) is 45.2. The van der Waals surface area contributed by atoms with Crippen LogP contribution in [-0.4, -0.2) is 106 Å². The quantitative estimate of drug-likeness (QED) is 0.350. The van der Waals surface area contributed by atoms with Crippen molar-refractivity contribution in [2.45, 2.75) is 87.7 Å². The van der Waals surface area contributed by atoms with E-state index in [1.54, 1.807) is 38.0 Å². The predicted octanol–water partition coefficient (Wildman–Crippen LogP) is 3.48. The van der Waals surface area contributed by atoms with Crippen molar-refractivity contribution in [3.8, 4) is 6.07 Å². The van der Waals surface area contributed by atoms with E-state index in [1.165, 1.54) is 6.42 Å². The molecule has 12 heteroatoms. The van der Waals surface area contributed by atoms with Gasteiger partial charge in [-0.15, -0.1) is 10.2 Å². The number of likely N-dealkylation sites (tertiary alicyclic amines) is 1. The van der Waals surface area contributed by atoms with Crippen molar-refractivity contribution < 1.29 is 14.4 Å². The van der Waals surface area contributed by atoms with E-state index in [0.29, 0.717) is 48.0 Å². The van der Waals surface area contributed by atoms with E-state index < -0.39 is 5.41 Å². The molecule has 2 heterocycles. The summed E-state index contributed by atoms with van der Waals surface area (Å²) < 4.78 is 0. The highest BCUT2D eigenvalue weighted by molar-refractivity contribution is 5.95. The number of H-pyrrole nitrogens is 1. The number of fused-ring (bicyclic) bond motifs is 3. The van der Waals surface area contributed by atoms with Crippen molar-refractivity contribution in [3.63, 3.8) is 0 Å². The number of nitrogens with one attached hydrogen (secondary N) is 2. The number of benzene rings is 2. The second kappa shape index (κ2) is 13.6. The number of carbonyl (C=O) groups is 3. The lowest BCUT2D eigenvalue weighted by Crippen LogP contribution is -2.50. The smallest absolute Gasteiger partial charge is 0.253 e. The molecule has 2 N–H and O–H groups in total. The van der Waals surface area contributed by atoms with Crippen LogP contribution in [0.15, 0.2) is 36.4 Å². The standard InChI is InChI=1S/C38H47N9O3/c1-45(2)35(49)26-12-14-30-24(16-26)10-11-25-17-27(36(50)46(3)4)13-15-31(25)38(30,37-41-43-44-42-37)20-32(23-8-6-5-7-9-23)40-22-34(48)47-29(21-39)18-28-19-33(28)47/h12-17,23,28-29,32-33,40H,5-11,18-20,22H2,1-4H3,(H,41,42,43,44)/t28-,29?,32-,33+/m1/s1. The second-order valence-electron chi connectivity index (χ2n) is 15.1. The maximum atomic E-state index is 13.8. The lowest BCUT2D eigenvalue weighted by molar-refractivity contribution is -0.131. The lowest BCUT2D eigenvalue weighted by atomic mass is 9.65. The first-order valence-electron chi connectivity index (χ1n) is 18.0. The van der Waals surface area contributed by atoms with Crippen molar-refractivity contribution in [1.82, 2.24) is 40.6 Å². The van der Waals surface area contributed by atoms with Gasteiger partial charge in [0.25, 0.3) is 11.8 Å². The van der Waals surface area contributed by atoms with Crippen LogP contribution in [0.1, 0.15) is 100 Å². The Labute approximate surface area is 293 Å². The minimum absolute atomic E-state index is 0.0173. The minimum atomic E-state index is -0.907. The summed E-state index contributed by atoms with van der Waals surface area (Å²) in [6, 6.07) is 14.0. The van der Waals surface area contributed by atoms with Gasteiger partial charge in [0.2, 0.25) is 5.91 Å². The molecule has 2 saturated carbocycles. The van der Waals surface area contributed by atoms with E-state index in [-0.39, 0.29) is 42.4 Å². The topological polar surface area (TPSA) is 151 Å². The van der Waals surface area contributed by atoms with Crippen LogP contribution >= 0.6 is 0 Å². The molecule has 4 aliphatic rings. The van der Waals surface area contributed by atoms with Gasteiger partial charge in [-0.25, -0.2) is 0 Å². The Hall–Kier alpha value is -4.63. The number of rotatable bonds is 9. The Bertz CT molecular complexity index is 1740. The van der Waals surface area contributed by atoms with Gasteiger partial charge in [-0.3, -0.25) is 14.4 Å². The number of amides is 3. The van der Waals surface area contributed by atoms with Gasteiger partial charge in [-0.2, -0.15) is 10.5 Å². The van der Waals surface area contributed by atoms with E-state index in [4.69, 9.17) is 0 Å². The molecule has 0 radical (unpaired) electrons. The van der Waals surface area contributed by atoms with Crippen molar-refractivity contribution in [2.24, 2.45) is 11.8 Å². The van der Waals surface area contributed by atoms with Gasteiger partial charge in [0.15, 0.2) is 5.82 Å². The van der Waals surface area contributed by atoms with Gasteiger partial charge in [0.05, 0.1) is 18.0 Å². The Balaban J connectivity index is 1.36. The molecule has 262 valence electrons. The number of aromatic nitrogens is 4. The number of hydrogen-bond acceptors (Lipinski definition) is 8. The fourth-order valence-corrected chi connectivity index (χ4v) is 9.04. The minimum Gasteiger partial charge on any atom is -0.345 e. The van der Waals surface area contributed by atoms with Crippen LogP contribution in [0.3, 0.4) is 0 Å². The number of hydrogen-bond donors (Lipinski definition) is 2. The molecule has 12 nitrogen and oxygen atoms in total. The van der Waals surface area contributed by atoms with Gasteiger partial charge in [0.1, 0.15) is 6.04 Å². The van der Waals surface area contributed by atoms with Crippen LogP contribution in [0.5, 0.6) is 0 Å². The molecule has 2 aromatic carbocycles. The van der Waals surface area contributed by atoms with Crippen molar-refractivity contribution in [2.75, 3.05) is 34.7 Å². The first kappa shape index (κ1) is 33.8. The molecule has 3 aromatic rings. The molecule has 4 atom stereocenters. The van der Waals surface area contributed by atoms with E-state index >= 15 is 0 Å². The van der Waals surface area contributed by atoms with Gasteiger partial charge >= 0.3 is 0 Å². The number of nitriles is 1. The lowest BCUT2D eigenvalue weighted by Gasteiger charge is -2.41. The molecule has 0 bridgehead atoms. The van der Waals surface area contributed by atoms with Gasteiger partial charge in [0, 0.05) is 51.4 Å². The molecule has 50 heavy (non-hydrogen) atoms. The zero-order valence-corrected chi connectivity index (χ0v) is 29.5. The molecule has 3 fully saturated rings. The number of aryl methyl sites for hydroxylation is 2. The molecular formula is C38H47N9O3. The molecule has 7 rings (SSSR count). The zero-order valence-electron chi connectivity index (χ0n) is 29.5. The average Bonchev–Trinajstić information content (AvgIpc) is 3.51. The highest BCUT2D eigenvalue weighted by Crippen LogP contribution is 2.49. The third-order valence-electron chi connectivity index (χ3n) is 11.6. The molecule has 0 spiro atoms. The zero-order chi connectivity index (χ0) is 35.2. The monoisotopic (exact) mass is 677 g/mol. The number of tetrazole rings is 1. The molecule has 1 unspecified atom stereocenters. The number of piperidine rings is 1. The Kier molecular flexibility index (Phi) is 9.20. The van der Waals surface area contributed by atoms with Gasteiger partial charge < -0.3 is 20.0 Å². The van der Waals surface area contributed by atoms with E-state index in [1.807, 2.05) is 29.2 Å². The summed E-state index contributed by atoms with van der Waals surface area (Å²) in [6.07, 6.45) is 9.12. The Morgan fingerprint density at radius 3 is 2.12 bits per heavy atom. The van der Waals surface area contributed by atoms with Crippen LogP contribution in [0.2, 0.25) is 0 Å². The maximum absolute atomic E-state index is 13.8. The maximum Gasteiger partial charge on any atom is 0.253 e. The SMILES string of the molecule is CN(C)C(=O)c1ccc2c(c1)CCc1cc(C(=O)N(C)C)ccc1C2(C[C@@H](NCC(=O)N1C(C#N)C[C@@H]2C[C@@H]21)C1CCCCC1)c1nn[nH]n1. The molecular weight excluding hydrogens is 630 g/mol. The summed E-state index contributed by atoms with van der Waals surface area (Å²) >= 11 is 0. The largest absolute Gasteiger partial charge is 0.345 e. The van der Waals surface area contributed by atoms with Crippen LogP contribution < -0.4 is 5.32 Å². The molecule has 3 amide bonds. The number of aromatic amines is 1. The van der Waals surface area contributed by atoms with E-state index in [0.717, 1.165) is 60.8 Å². The summed E-state index contributed by atoms with van der Waals surface area (Å²) in [7, 11) is 7.01. The van der Waals surface area contributed by atoms with Crippen molar-refractivity contribution in [3.05, 3.63) is 75.6 Å². The summed E-state index contributed by atoms with van der Waals surface area (Å²) in [5, 5.41) is 29.7. The van der Waals surface area contributed by atoms with Crippen molar-refractivity contribution in [1.29, 1.82) is 5.26 Å². The average molecular weight is 678 g/mol. The Morgan fingerprint density at radius 1 is 0.960 bits per heavy atom. The first-order valence-corrected chi connectivity index (χ1v) is 18.0. The van der Waals surface area contributed by atoms with Crippen LogP contribution in [0.4, 0.5) is 0 Å². The van der Waals surface area contributed by atoms with Crippen LogP contribution in [-0.2, 0) is 23.1 Å². The third-order valence-corrected chi connectivity index (χ3v) is 11.6. The Morgan fingerprint density at radius 2 is 1.58 bits per heavy atom. The third kappa shape index (κ3) is 6.06. The fraction of sp³-hybridized carbons (Fsp3) is 0.553. The van der Waals surface area contributed by atoms with Crippen LogP contribution in [0.25, 0.3) is 0 Å². The fourth-order valence-electron chi connectivity index (χ4n) is 9.04. The highest BCUT2D eigenvalue weighted by atomic mass is 16.2. The summed E-state index contributed by atoms with van der Waals surface area (Å²) in [5.41, 5.74) is 4.34. The number of carbonyl (C=O) groups excluding carboxylic acids is 3. The molecule has 3 aliphatic carbocycles. The van der Waals surface area contributed by atoms with E-state index in [9.17, 15) is 19.6 Å².